The van der Waals surface area contributed by atoms with Crippen LogP contribution in [-0.2, 0) is 105 Å². The van der Waals surface area contributed by atoms with Gasteiger partial charge in [0.15, 0.2) is 42.6 Å². The molecule has 0 bridgehead atoms. The second kappa shape index (κ2) is 24.2. The Kier molecular flexibility index (Phi) is 20.1. The third kappa shape index (κ3) is 15.8. The largest absolute Gasteiger partial charge is 0.463 e. The summed E-state index contributed by atoms with van der Waals surface area (Å²) in [5.74, 6) is -8.23. The van der Waals surface area contributed by atoms with Crippen molar-refractivity contribution in [3.05, 3.63) is 0 Å². The topological polar surface area (TPSA) is 318 Å². The average Bonchev–Trinajstić information content (AvgIpc) is 3.15. The highest BCUT2D eigenvalue weighted by molar-refractivity contribution is 6.20. The second-order valence-corrected chi connectivity index (χ2v) is 15.1. The lowest BCUT2D eigenvalue weighted by atomic mass is 9.93. The van der Waals surface area contributed by atoms with Crippen LogP contribution in [0.4, 0.5) is 0 Å². The molecule has 0 spiro atoms. The van der Waals surface area contributed by atoms with Crippen molar-refractivity contribution in [3.63, 3.8) is 0 Å². The molecule has 3 heterocycles. The monoisotopic (exact) mass is 939 g/mol. The molecule has 64 heavy (non-hydrogen) atoms. The van der Waals surface area contributed by atoms with Crippen molar-refractivity contribution in [3.8, 4) is 0 Å². The van der Waals surface area contributed by atoms with E-state index < -0.39 is 171 Å². The maximum absolute atomic E-state index is 13.0. The molecule has 360 valence electrons. The maximum atomic E-state index is 13.0. The molecule has 0 radical (unpaired) electrons. The first-order valence-electron chi connectivity index (χ1n) is 19.7. The summed E-state index contributed by atoms with van der Waals surface area (Å²) in [5, 5.41) is 7.63. The van der Waals surface area contributed by atoms with E-state index >= 15 is 0 Å². The van der Waals surface area contributed by atoms with Crippen molar-refractivity contribution in [1.82, 2.24) is 16.0 Å². The molecule has 0 aromatic rings. The van der Waals surface area contributed by atoms with E-state index in [0.717, 1.165) is 69.2 Å². The van der Waals surface area contributed by atoms with Gasteiger partial charge in [-0.2, -0.15) is 0 Å². The number of ether oxygens (including phenoxy) is 12. The molecular formula is C38H54ClN3O22. The lowest BCUT2D eigenvalue weighted by Gasteiger charge is -2.51. The minimum atomic E-state index is -1.83. The van der Waals surface area contributed by atoms with Crippen LogP contribution in [0.15, 0.2) is 0 Å². The third-order valence-electron chi connectivity index (χ3n) is 9.18. The van der Waals surface area contributed by atoms with E-state index in [4.69, 9.17) is 68.4 Å². The molecule has 3 aliphatic rings. The minimum absolute atomic E-state index is 0.572. The van der Waals surface area contributed by atoms with E-state index in [2.05, 4.69) is 16.0 Å². The summed E-state index contributed by atoms with van der Waals surface area (Å²) < 4.78 is 69.4. The van der Waals surface area contributed by atoms with Gasteiger partial charge in [-0.15, -0.1) is 0 Å². The Hall–Kier alpha value is -5.21. The number of carbonyl (C=O) groups excluding carboxylic acids is 10. The zero-order valence-electron chi connectivity index (χ0n) is 36.6. The average molecular weight is 940 g/mol. The van der Waals surface area contributed by atoms with Crippen molar-refractivity contribution in [2.45, 2.75) is 160 Å². The number of rotatable bonds is 17. The molecule has 0 saturated carbocycles. The van der Waals surface area contributed by atoms with Crippen LogP contribution >= 0.6 is 11.6 Å². The molecule has 0 aliphatic carbocycles. The first-order valence-corrected chi connectivity index (χ1v) is 20.1. The third-order valence-corrected chi connectivity index (χ3v) is 9.55. The summed E-state index contributed by atoms with van der Waals surface area (Å²) >= 11 is 6.52. The SMILES string of the molecule is CC(=O)NC1C(Cl)OC(COC(C)=O)[C@@H](O[C@@H]2OC(COC(C)=O)[C@@H](O[C@@H]3OC(COC(C)=O)[C@@H](OC(C)=O)[C@H](OC(C)=O)C3NC(C)=O)[C@H](OC(C)=O)C2NC(C)=O)[C@@H]1OC(C)=O. The molecule has 0 aromatic carbocycles. The highest BCUT2D eigenvalue weighted by Crippen LogP contribution is 2.36. The van der Waals surface area contributed by atoms with Gasteiger partial charge in [0.05, 0.1) is 0 Å². The Balaban J connectivity index is 2.28. The molecule has 3 aliphatic heterocycles. The van der Waals surface area contributed by atoms with Gasteiger partial charge in [0.2, 0.25) is 17.7 Å². The molecule has 7 unspecified atom stereocenters. The predicted octanol–water partition coefficient (Wildman–Crippen LogP) is -1.90. The van der Waals surface area contributed by atoms with Gasteiger partial charge in [-0.05, 0) is 0 Å². The van der Waals surface area contributed by atoms with Crippen molar-refractivity contribution in [2.24, 2.45) is 0 Å². The highest BCUT2D eigenvalue weighted by Gasteiger charge is 2.58. The van der Waals surface area contributed by atoms with Gasteiger partial charge in [0.25, 0.3) is 0 Å². The fourth-order valence-corrected chi connectivity index (χ4v) is 7.40. The Labute approximate surface area is 371 Å². The molecule has 3 N–H and O–H groups in total. The van der Waals surface area contributed by atoms with Gasteiger partial charge in [-0.1, -0.05) is 11.6 Å². The van der Waals surface area contributed by atoms with Gasteiger partial charge in [0, 0.05) is 69.2 Å². The van der Waals surface area contributed by atoms with Crippen LogP contribution in [0.2, 0.25) is 0 Å². The summed E-state index contributed by atoms with van der Waals surface area (Å²) in [5.41, 5.74) is -1.41. The van der Waals surface area contributed by atoms with Crippen LogP contribution in [0.3, 0.4) is 0 Å². The highest BCUT2D eigenvalue weighted by atomic mass is 35.5. The van der Waals surface area contributed by atoms with E-state index in [1.165, 1.54) is 0 Å². The zero-order valence-corrected chi connectivity index (χ0v) is 37.4. The van der Waals surface area contributed by atoms with Gasteiger partial charge in [-0.3, -0.25) is 47.9 Å². The van der Waals surface area contributed by atoms with Crippen molar-refractivity contribution in [1.29, 1.82) is 0 Å². The summed E-state index contributed by atoms with van der Waals surface area (Å²) in [4.78, 5) is 125. The molecular weight excluding hydrogens is 886 g/mol. The maximum Gasteiger partial charge on any atom is 0.303 e. The number of hydrogen-bond acceptors (Lipinski definition) is 22. The van der Waals surface area contributed by atoms with Gasteiger partial charge in [-0.25, -0.2) is 0 Å². The zero-order chi connectivity index (χ0) is 48.2. The van der Waals surface area contributed by atoms with Crippen LogP contribution in [0, 0.1) is 0 Å². The molecule has 3 saturated heterocycles. The number of alkyl halides is 1. The molecule has 3 amide bonds. The summed E-state index contributed by atoms with van der Waals surface area (Å²) in [6, 6.07) is -4.53. The Morgan fingerprint density at radius 2 is 0.672 bits per heavy atom. The normalized spacial score (nSPS) is 32.3. The smallest absolute Gasteiger partial charge is 0.303 e. The fourth-order valence-electron chi connectivity index (χ4n) is 7.06. The van der Waals surface area contributed by atoms with E-state index in [1.807, 2.05) is 0 Å². The Bertz CT molecular complexity index is 1750. The number of amides is 3. The van der Waals surface area contributed by atoms with E-state index in [1.54, 1.807) is 0 Å². The van der Waals surface area contributed by atoms with Crippen molar-refractivity contribution < 1.29 is 105 Å². The van der Waals surface area contributed by atoms with E-state index in [9.17, 15) is 47.9 Å². The van der Waals surface area contributed by atoms with Gasteiger partial charge >= 0.3 is 41.8 Å². The predicted molar refractivity (Wildman–Crippen MR) is 207 cm³/mol. The molecule has 3 fully saturated rings. The van der Waals surface area contributed by atoms with Crippen LogP contribution in [0.5, 0.6) is 0 Å². The standard InChI is InChI=1S/C38H54ClN3O22/c1-14(43)40-27-33(57-21(8)50)31(24(60-36(27)39)11-53-17(4)46)63-38-29(42-16(3)45)35(59-23(10)52)32(26(62-38)13-55-19(6)48)64-37-28(41-15(2)44)34(58-22(9)51)30(56-20(7)49)25(61-37)12-54-18(5)47/h24-38H,11-13H2,1-10H3,(H,40,43)(H,41,44)(H,42,45)/t24?,25?,26?,27?,28?,29?,30-,31-,32-,33-,34-,35-,36?,37+,38+/m1/s1. The van der Waals surface area contributed by atoms with Crippen LogP contribution in [-0.4, -0.2) is 171 Å². The summed E-state index contributed by atoms with van der Waals surface area (Å²) in [6.45, 7) is 8.73. The number of halogens is 1. The van der Waals surface area contributed by atoms with Crippen molar-refractivity contribution in [2.75, 3.05) is 19.8 Å². The number of hydrogen-bond donors (Lipinski definition) is 3. The summed E-state index contributed by atoms with van der Waals surface area (Å²) in [6.07, 6.45) is -17.9. The second-order valence-electron chi connectivity index (χ2n) is 14.7. The van der Waals surface area contributed by atoms with Crippen LogP contribution < -0.4 is 16.0 Å². The number of nitrogens with one attached hydrogen (secondary N) is 3. The lowest BCUT2D eigenvalue weighted by Crippen LogP contribution is -2.71. The molecule has 3 rings (SSSR count). The number of esters is 7. The van der Waals surface area contributed by atoms with Crippen LogP contribution in [0.25, 0.3) is 0 Å². The van der Waals surface area contributed by atoms with Crippen molar-refractivity contribution >= 4 is 71.1 Å². The van der Waals surface area contributed by atoms with Gasteiger partial charge < -0.3 is 72.8 Å². The molecule has 0 aromatic heterocycles. The quantitative estimate of drug-likeness (QED) is 0.0815. The molecule has 15 atom stereocenters. The van der Waals surface area contributed by atoms with Crippen LogP contribution in [0.1, 0.15) is 69.2 Å². The molecule has 26 heteroatoms. The summed E-state index contributed by atoms with van der Waals surface area (Å²) in [7, 11) is 0. The van der Waals surface area contributed by atoms with E-state index in [0.29, 0.717) is 0 Å². The fraction of sp³-hybridized carbons (Fsp3) is 0.737. The van der Waals surface area contributed by atoms with Gasteiger partial charge in [0.1, 0.15) is 68.5 Å². The minimum Gasteiger partial charge on any atom is -0.463 e. The Morgan fingerprint density at radius 3 is 1.00 bits per heavy atom. The molecule has 25 nitrogen and oxygen atoms in total. The Morgan fingerprint density at radius 1 is 0.391 bits per heavy atom. The van der Waals surface area contributed by atoms with E-state index in [-0.39, 0.29) is 0 Å². The first-order chi connectivity index (χ1) is 29.9. The lowest BCUT2D eigenvalue weighted by molar-refractivity contribution is -0.346. The first kappa shape index (κ1) is 53.1. The number of carbonyl (C=O) groups is 10.